The van der Waals surface area contributed by atoms with E-state index in [1.54, 1.807) is 78.2 Å². The van der Waals surface area contributed by atoms with Gasteiger partial charge in [0.25, 0.3) is 0 Å². The molecule has 0 saturated heterocycles. The number of rotatable bonds is 7. The average Bonchev–Trinajstić information content (AvgIpc) is 3.06. The second-order valence-corrected chi connectivity index (χ2v) is 12.9. The Bertz CT molecular complexity index is 1790. The van der Waals surface area contributed by atoms with Crippen LogP contribution >= 0.6 is 11.8 Å². The molecule has 9 heteroatoms. The van der Waals surface area contributed by atoms with Crippen LogP contribution in [0.1, 0.15) is 22.3 Å². The molecule has 4 aromatic rings. The highest BCUT2D eigenvalue weighted by Crippen LogP contribution is 2.44. The molecule has 0 bridgehead atoms. The minimum absolute atomic E-state index is 0.0251. The molecule has 0 saturated carbocycles. The van der Waals surface area contributed by atoms with Crippen LogP contribution in [-0.4, -0.2) is 16.8 Å². The standard InChI is InChI=1S/C30H24O6S3/c1-21-12-16-24(17-13-21)38(31,32)35-27-20-37-28-11-7-6-10-26(28)30(29(27)23-8-4-3-5-9-23)36-39(33,34)25-18-14-22(2)15-19-25/h3-20H,1-2H3. The van der Waals surface area contributed by atoms with Gasteiger partial charge in [0.15, 0.2) is 11.5 Å². The van der Waals surface area contributed by atoms with Crippen LogP contribution < -0.4 is 0 Å². The third kappa shape index (κ3) is 5.80. The Morgan fingerprint density at radius 1 is 0.590 bits per heavy atom. The van der Waals surface area contributed by atoms with E-state index in [0.29, 0.717) is 16.0 Å². The molecule has 0 aliphatic carbocycles. The van der Waals surface area contributed by atoms with Crippen LogP contribution in [0.4, 0.5) is 0 Å². The summed E-state index contributed by atoms with van der Waals surface area (Å²) in [7, 11) is -8.57. The van der Waals surface area contributed by atoms with Gasteiger partial charge in [-0.3, -0.25) is 0 Å². The van der Waals surface area contributed by atoms with Crippen LogP contribution in [0.15, 0.2) is 129 Å². The highest BCUT2D eigenvalue weighted by molar-refractivity contribution is 8.02. The smallest absolute Gasteiger partial charge is 0.339 e. The normalized spacial score (nSPS) is 13.7. The molecule has 0 unspecified atom stereocenters. The summed E-state index contributed by atoms with van der Waals surface area (Å²) in [6.07, 6.45) is 0. The van der Waals surface area contributed by atoms with Crippen molar-refractivity contribution in [2.24, 2.45) is 0 Å². The summed E-state index contributed by atoms with van der Waals surface area (Å²) in [5.41, 5.74) is 3.00. The molecule has 0 amide bonds. The zero-order chi connectivity index (χ0) is 27.6. The van der Waals surface area contributed by atoms with Gasteiger partial charge < -0.3 is 8.37 Å². The van der Waals surface area contributed by atoms with Gasteiger partial charge in [0, 0.05) is 15.9 Å². The molecule has 4 aromatic carbocycles. The molecule has 0 radical (unpaired) electrons. The largest absolute Gasteiger partial charge is 0.378 e. The van der Waals surface area contributed by atoms with Gasteiger partial charge in [-0.25, -0.2) is 0 Å². The van der Waals surface area contributed by atoms with Crippen LogP contribution in [0.2, 0.25) is 0 Å². The van der Waals surface area contributed by atoms with Crippen molar-refractivity contribution in [1.29, 1.82) is 0 Å². The maximum absolute atomic E-state index is 13.5. The maximum Gasteiger partial charge on any atom is 0.339 e. The van der Waals surface area contributed by atoms with Crippen LogP contribution in [-0.2, 0) is 28.6 Å². The van der Waals surface area contributed by atoms with Crippen molar-refractivity contribution in [2.75, 3.05) is 0 Å². The number of aryl methyl sites for hydroxylation is 2. The number of hydrogen-bond donors (Lipinski definition) is 0. The first-order valence-electron chi connectivity index (χ1n) is 11.9. The van der Waals surface area contributed by atoms with Crippen molar-refractivity contribution < 1.29 is 25.2 Å². The van der Waals surface area contributed by atoms with Crippen LogP contribution in [0.3, 0.4) is 0 Å². The summed E-state index contributed by atoms with van der Waals surface area (Å²) in [6, 6.07) is 28.5. The fraction of sp³-hybridized carbons (Fsp3) is 0.0667. The van der Waals surface area contributed by atoms with Crippen molar-refractivity contribution in [3.05, 3.63) is 137 Å². The van der Waals surface area contributed by atoms with Gasteiger partial charge in [0.1, 0.15) is 9.79 Å². The SMILES string of the molecule is Cc1ccc(S(=O)(=O)OC2=CSc3ccccc3C(OS(=O)(=O)c3ccc(C)cc3)=C2c2ccccc2)cc1. The summed E-state index contributed by atoms with van der Waals surface area (Å²) in [6.45, 7) is 3.71. The molecule has 39 heavy (non-hydrogen) atoms. The van der Waals surface area contributed by atoms with E-state index in [4.69, 9.17) is 8.37 Å². The Labute approximate surface area is 232 Å². The van der Waals surface area contributed by atoms with Crippen LogP contribution in [0, 0.1) is 13.8 Å². The molecule has 0 aromatic heterocycles. The Morgan fingerprint density at radius 2 is 1.10 bits per heavy atom. The van der Waals surface area contributed by atoms with E-state index in [0.717, 1.165) is 11.1 Å². The monoisotopic (exact) mass is 576 g/mol. The van der Waals surface area contributed by atoms with Crippen molar-refractivity contribution in [3.8, 4) is 0 Å². The van der Waals surface area contributed by atoms with E-state index in [1.807, 2.05) is 19.9 Å². The molecule has 1 aliphatic heterocycles. The highest BCUT2D eigenvalue weighted by Gasteiger charge is 2.31. The lowest BCUT2D eigenvalue weighted by Crippen LogP contribution is -2.11. The average molecular weight is 577 g/mol. The van der Waals surface area contributed by atoms with Crippen molar-refractivity contribution >= 4 is 43.3 Å². The third-order valence-electron chi connectivity index (χ3n) is 5.97. The fourth-order valence-corrected chi connectivity index (χ4v) is 6.74. The summed E-state index contributed by atoms with van der Waals surface area (Å²) < 4.78 is 65.4. The summed E-state index contributed by atoms with van der Waals surface area (Å²) in [4.78, 5) is 0.621. The summed E-state index contributed by atoms with van der Waals surface area (Å²) in [5, 5.41) is 1.56. The first-order chi connectivity index (χ1) is 18.6. The predicted molar refractivity (Wildman–Crippen MR) is 153 cm³/mol. The van der Waals surface area contributed by atoms with E-state index in [9.17, 15) is 16.8 Å². The Morgan fingerprint density at radius 3 is 1.69 bits per heavy atom. The number of benzene rings is 4. The third-order valence-corrected chi connectivity index (χ3v) is 9.40. The van der Waals surface area contributed by atoms with Gasteiger partial charge in [-0.15, -0.1) is 0 Å². The zero-order valence-electron chi connectivity index (χ0n) is 21.1. The summed E-state index contributed by atoms with van der Waals surface area (Å²) in [5.74, 6) is -0.0928. The van der Waals surface area contributed by atoms with E-state index in [-0.39, 0.29) is 26.9 Å². The Balaban J connectivity index is 1.72. The van der Waals surface area contributed by atoms with Gasteiger partial charge >= 0.3 is 20.2 Å². The van der Waals surface area contributed by atoms with E-state index >= 15 is 0 Å². The molecule has 6 nitrogen and oxygen atoms in total. The number of allylic oxidation sites excluding steroid dienone is 1. The van der Waals surface area contributed by atoms with Crippen LogP contribution in [0.25, 0.3) is 11.3 Å². The Kier molecular flexibility index (Phi) is 7.40. The first-order valence-corrected chi connectivity index (χ1v) is 15.6. The molecule has 0 fully saturated rings. The maximum atomic E-state index is 13.5. The lowest BCUT2D eigenvalue weighted by Gasteiger charge is -2.19. The molecule has 5 rings (SSSR count). The van der Waals surface area contributed by atoms with E-state index in [1.165, 1.54) is 36.0 Å². The van der Waals surface area contributed by atoms with Crippen molar-refractivity contribution in [2.45, 2.75) is 28.5 Å². The second-order valence-electron chi connectivity index (χ2n) is 8.87. The molecule has 1 heterocycles. The lowest BCUT2D eigenvalue weighted by molar-refractivity contribution is 0.422. The first kappa shape index (κ1) is 26.8. The molecule has 0 spiro atoms. The lowest BCUT2D eigenvalue weighted by atomic mass is 10.00. The van der Waals surface area contributed by atoms with Gasteiger partial charge in [-0.05, 0) is 49.7 Å². The van der Waals surface area contributed by atoms with Gasteiger partial charge in [-0.2, -0.15) is 16.8 Å². The second kappa shape index (κ2) is 10.8. The predicted octanol–water partition coefficient (Wildman–Crippen LogP) is 6.93. The van der Waals surface area contributed by atoms with Crippen LogP contribution in [0.5, 0.6) is 0 Å². The fourth-order valence-electron chi connectivity index (χ4n) is 3.94. The van der Waals surface area contributed by atoms with Gasteiger partial charge in [0.2, 0.25) is 0 Å². The molecule has 0 N–H and O–H groups in total. The van der Waals surface area contributed by atoms with Gasteiger partial charge in [-0.1, -0.05) is 95.7 Å². The molecule has 1 aliphatic rings. The minimum Gasteiger partial charge on any atom is -0.378 e. The quantitative estimate of drug-likeness (QED) is 0.221. The molecule has 0 atom stereocenters. The number of fused-ring (bicyclic) bond motifs is 1. The van der Waals surface area contributed by atoms with E-state index in [2.05, 4.69) is 0 Å². The highest BCUT2D eigenvalue weighted by atomic mass is 32.2. The van der Waals surface area contributed by atoms with Crippen molar-refractivity contribution in [1.82, 2.24) is 0 Å². The van der Waals surface area contributed by atoms with E-state index < -0.39 is 20.2 Å². The molecule has 198 valence electrons. The molecular formula is C30H24O6S3. The summed E-state index contributed by atoms with van der Waals surface area (Å²) >= 11 is 1.21. The number of thioether (sulfide) groups is 1. The number of hydrogen-bond acceptors (Lipinski definition) is 7. The zero-order valence-corrected chi connectivity index (χ0v) is 23.5. The minimum atomic E-state index is -4.30. The Hall–Kier alpha value is -3.79. The van der Waals surface area contributed by atoms with Gasteiger partial charge in [0.05, 0.1) is 5.57 Å². The van der Waals surface area contributed by atoms with Crippen molar-refractivity contribution in [3.63, 3.8) is 0 Å². The molecular weight excluding hydrogens is 553 g/mol. The topological polar surface area (TPSA) is 86.7 Å².